The Balaban J connectivity index is 1.68. The lowest BCUT2D eigenvalue weighted by Gasteiger charge is -2.07. The van der Waals surface area contributed by atoms with Gasteiger partial charge in [0.25, 0.3) is 5.91 Å². The molecule has 1 N–H and O–H groups in total. The molecule has 0 fully saturated rings. The Kier molecular flexibility index (Phi) is 7.22. The summed E-state index contributed by atoms with van der Waals surface area (Å²) < 4.78 is 15.9. The van der Waals surface area contributed by atoms with Crippen molar-refractivity contribution < 1.29 is 19.0 Å². The first-order valence-electron chi connectivity index (χ1n) is 9.33. The Morgan fingerprint density at radius 2 is 2.00 bits per heavy atom. The van der Waals surface area contributed by atoms with Crippen LogP contribution in [0.3, 0.4) is 0 Å². The van der Waals surface area contributed by atoms with Gasteiger partial charge in [-0.05, 0) is 36.6 Å². The molecule has 0 saturated carbocycles. The largest absolute Gasteiger partial charge is 0.481 e. The average molecular weight is 426 g/mol. The van der Waals surface area contributed by atoms with Gasteiger partial charge in [-0.3, -0.25) is 4.79 Å². The van der Waals surface area contributed by atoms with Crippen LogP contribution in [0.2, 0.25) is 0 Å². The number of hydrogen-bond donors (Lipinski definition) is 1. The number of nitrogens with one attached hydrogen (secondary N) is 1. The van der Waals surface area contributed by atoms with Gasteiger partial charge in [0.05, 0.1) is 17.4 Å². The lowest BCUT2D eigenvalue weighted by Crippen LogP contribution is -2.25. The van der Waals surface area contributed by atoms with Gasteiger partial charge >= 0.3 is 0 Å². The normalized spacial score (nSPS) is 10.6. The second-order valence-corrected chi connectivity index (χ2v) is 7.46. The summed E-state index contributed by atoms with van der Waals surface area (Å²) >= 11 is 1.33. The molecule has 1 amide bonds. The summed E-state index contributed by atoms with van der Waals surface area (Å²) in [5.74, 6) is 3.99. The Morgan fingerprint density at radius 3 is 2.67 bits per heavy atom. The molecule has 1 aromatic carbocycles. The first kappa shape index (κ1) is 21.6. The molecule has 0 bridgehead atoms. The van der Waals surface area contributed by atoms with E-state index in [-0.39, 0.29) is 19.1 Å². The van der Waals surface area contributed by atoms with E-state index in [1.165, 1.54) is 11.3 Å². The van der Waals surface area contributed by atoms with Crippen LogP contribution in [0.15, 0.2) is 24.3 Å². The van der Waals surface area contributed by atoms with Gasteiger partial charge in [-0.15, -0.1) is 17.8 Å². The molecule has 0 unspecified atom stereocenters. The third-order valence-corrected chi connectivity index (χ3v) is 5.61. The highest BCUT2D eigenvalue weighted by Crippen LogP contribution is 2.35. The fourth-order valence-corrected chi connectivity index (χ4v) is 4.09. The molecule has 3 aromatic rings. The highest BCUT2D eigenvalue weighted by molar-refractivity contribution is 7.20. The number of rotatable bonds is 9. The number of nitrogens with zero attached hydrogens (tertiary/aromatic N) is 2. The number of carbonyl (C=O) groups is 1. The van der Waals surface area contributed by atoms with Gasteiger partial charge in [-0.25, -0.2) is 4.98 Å². The van der Waals surface area contributed by atoms with Gasteiger partial charge in [-0.2, -0.15) is 4.98 Å². The van der Waals surface area contributed by atoms with Crippen molar-refractivity contribution in [3.63, 3.8) is 0 Å². The van der Waals surface area contributed by atoms with Crippen LogP contribution < -0.4 is 14.8 Å². The van der Waals surface area contributed by atoms with Gasteiger partial charge in [-0.1, -0.05) is 18.1 Å². The molecular weight excluding hydrogens is 402 g/mol. The SMILES string of the molecule is C#CCOc1ccc(CCNC(=O)c2sc3nc(COC)nc(OC)c3c2C)cc1. The predicted molar refractivity (Wildman–Crippen MR) is 116 cm³/mol. The zero-order valence-corrected chi connectivity index (χ0v) is 18.0. The molecule has 0 spiro atoms. The number of ether oxygens (including phenoxy) is 3. The van der Waals surface area contributed by atoms with Crippen molar-refractivity contribution in [2.75, 3.05) is 27.4 Å². The second-order valence-electron chi connectivity index (χ2n) is 6.46. The van der Waals surface area contributed by atoms with Crippen LogP contribution in [-0.2, 0) is 17.8 Å². The fourth-order valence-electron chi connectivity index (χ4n) is 2.98. The topological polar surface area (TPSA) is 82.6 Å². The Bertz CT molecular complexity index is 1070. The van der Waals surface area contributed by atoms with Crippen molar-refractivity contribution in [1.82, 2.24) is 15.3 Å². The smallest absolute Gasteiger partial charge is 0.261 e. The van der Waals surface area contributed by atoms with E-state index < -0.39 is 0 Å². The predicted octanol–water partition coefficient (Wildman–Crippen LogP) is 3.14. The van der Waals surface area contributed by atoms with E-state index in [1.807, 2.05) is 31.2 Å². The number of fused-ring (bicyclic) bond motifs is 1. The molecule has 0 atom stereocenters. The molecule has 2 heterocycles. The maximum atomic E-state index is 12.8. The van der Waals surface area contributed by atoms with E-state index in [0.29, 0.717) is 34.4 Å². The molecule has 156 valence electrons. The highest BCUT2D eigenvalue weighted by atomic mass is 32.1. The molecule has 0 aliphatic carbocycles. The van der Waals surface area contributed by atoms with E-state index in [0.717, 1.165) is 22.3 Å². The number of methoxy groups -OCH3 is 2. The molecule has 0 radical (unpaired) electrons. The zero-order chi connectivity index (χ0) is 21.5. The highest BCUT2D eigenvalue weighted by Gasteiger charge is 2.21. The molecule has 8 heteroatoms. The van der Waals surface area contributed by atoms with Crippen LogP contribution in [0, 0.1) is 19.3 Å². The van der Waals surface area contributed by atoms with Gasteiger partial charge in [0.1, 0.15) is 23.8 Å². The lowest BCUT2D eigenvalue weighted by molar-refractivity contribution is 0.0957. The minimum Gasteiger partial charge on any atom is -0.481 e. The number of terminal acetylenes is 1. The summed E-state index contributed by atoms with van der Waals surface area (Å²) in [6.45, 7) is 2.91. The van der Waals surface area contributed by atoms with Gasteiger partial charge < -0.3 is 19.5 Å². The summed E-state index contributed by atoms with van der Waals surface area (Å²) in [7, 11) is 3.13. The van der Waals surface area contributed by atoms with Crippen LogP contribution in [-0.4, -0.2) is 43.2 Å². The van der Waals surface area contributed by atoms with E-state index in [1.54, 1.807) is 14.2 Å². The van der Waals surface area contributed by atoms with Gasteiger partial charge in [0.15, 0.2) is 5.82 Å². The monoisotopic (exact) mass is 425 g/mol. The fraction of sp³-hybridized carbons (Fsp3) is 0.318. The summed E-state index contributed by atoms with van der Waals surface area (Å²) in [5, 5.41) is 3.73. The van der Waals surface area contributed by atoms with Crippen molar-refractivity contribution in [2.24, 2.45) is 0 Å². The molecule has 7 nitrogen and oxygen atoms in total. The van der Waals surface area contributed by atoms with Crippen molar-refractivity contribution in [2.45, 2.75) is 20.0 Å². The number of benzene rings is 1. The van der Waals surface area contributed by atoms with Crippen LogP contribution in [0.25, 0.3) is 10.2 Å². The maximum absolute atomic E-state index is 12.8. The molecule has 3 rings (SSSR count). The Labute approximate surface area is 179 Å². The molecular formula is C22H23N3O4S. The first-order valence-corrected chi connectivity index (χ1v) is 10.1. The molecule has 30 heavy (non-hydrogen) atoms. The number of carbonyl (C=O) groups excluding carboxylic acids is 1. The number of amides is 1. The molecule has 2 aromatic heterocycles. The van der Waals surface area contributed by atoms with Crippen LogP contribution in [0.5, 0.6) is 11.6 Å². The summed E-state index contributed by atoms with van der Waals surface area (Å²) in [4.78, 5) is 22.9. The van der Waals surface area contributed by atoms with E-state index in [2.05, 4.69) is 21.2 Å². The van der Waals surface area contributed by atoms with Crippen LogP contribution in [0.4, 0.5) is 0 Å². The van der Waals surface area contributed by atoms with E-state index >= 15 is 0 Å². The van der Waals surface area contributed by atoms with Gasteiger partial charge in [0.2, 0.25) is 5.88 Å². The molecule has 0 saturated heterocycles. The summed E-state index contributed by atoms with van der Waals surface area (Å²) in [6, 6.07) is 7.65. The third-order valence-electron chi connectivity index (χ3n) is 4.42. The Hall–Kier alpha value is -3.15. The van der Waals surface area contributed by atoms with Crippen molar-refractivity contribution in [3.05, 3.63) is 46.1 Å². The second kappa shape index (κ2) is 10.1. The maximum Gasteiger partial charge on any atom is 0.261 e. The van der Waals surface area contributed by atoms with Crippen LogP contribution in [0.1, 0.15) is 26.6 Å². The zero-order valence-electron chi connectivity index (χ0n) is 17.2. The third kappa shape index (κ3) is 4.87. The standard InChI is InChI=1S/C22H23N3O4S/c1-5-12-29-16-8-6-15(7-9-16)10-11-23-20(26)19-14(2)18-21(28-4)24-17(13-27-3)25-22(18)30-19/h1,6-9H,10-13H2,2-4H3,(H,23,26). The molecule has 0 aliphatic heterocycles. The minimum absolute atomic E-state index is 0.139. The lowest BCUT2D eigenvalue weighted by atomic mass is 10.1. The first-order chi connectivity index (χ1) is 14.6. The van der Waals surface area contributed by atoms with Gasteiger partial charge in [0, 0.05) is 13.7 Å². The van der Waals surface area contributed by atoms with Crippen LogP contribution >= 0.6 is 11.3 Å². The number of aryl methyl sites for hydroxylation is 1. The number of hydrogen-bond acceptors (Lipinski definition) is 7. The quantitative estimate of drug-likeness (QED) is 0.531. The number of thiophene rings is 1. The van der Waals surface area contributed by atoms with Crippen molar-refractivity contribution >= 4 is 27.5 Å². The summed E-state index contributed by atoms with van der Waals surface area (Å²) in [5.41, 5.74) is 1.90. The number of aromatic nitrogens is 2. The van der Waals surface area contributed by atoms with Crippen molar-refractivity contribution in [1.29, 1.82) is 0 Å². The summed E-state index contributed by atoms with van der Waals surface area (Å²) in [6.07, 6.45) is 5.89. The Morgan fingerprint density at radius 1 is 1.23 bits per heavy atom. The van der Waals surface area contributed by atoms with Crippen molar-refractivity contribution in [3.8, 4) is 24.0 Å². The molecule has 0 aliphatic rings. The van der Waals surface area contributed by atoms with E-state index in [9.17, 15) is 4.79 Å². The average Bonchev–Trinajstić information content (AvgIpc) is 3.09. The van der Waals surface area contributed by atoms with E-state index in [4.69, 9.17) is 20.6 Å². The minimum atomic E-state index is -0.139.